The first-order valence-corrected chi connectivity index (χ1v) is 6.05. The Morgan fingerprint density at radius 2 is 1.79 bits per heavy atom. The molecule has 0 atom stereocenters. The fourth-order valence-electron chi connectivity index (χ4n) is 2.00. The zero-order valence-corrected chi connectivity index (χ0v) is 10.8. The van der Waals surface area contributed by atoms with Crippen LogP contribution in [0, 0.1) is 5.82 Å². The second-order valence-electron chi connectivity index (χ2n) is 4.65. The minimum absolute atomic E-state index is 0.203. The number of rotatable bonds is 4. The fraction of sp³-hybridized carbons (Fsp3) is 0.200. The minimum Gasteiger partial charge on any atom is -0.508 e. The Morgan fingerprint density at radius 3 is 2.53 bits per heavy atom. The van der Waals surface area contributed by atoms with Crippen LogP contribution in [0.4, 0.5) is 10.1 Å². The van der Waals surface area contributed by atoms with E-state index in [1.54, 1.807) is 30.3 Å². The Morgan fingerprint density at radius 1 is 1.11 bits per heavy atom. The van der Waals surface area contributed by atoms with Crippen molar-refractivity contribution >= 4 is 5.69 Å². The third-order valence-electron chi connectivity index (χ3n) is 2.94. The van der Waals surface area contributed by atoms with Crippen molar-refractivity contribution in [1.29, 1.82) is 0 Å². The maximum Gasteiger partial charge on any atom is 0.127 e. The Hall–Kier alpha value is -2.07. The summed E-state index contributed by atoms with van der Waals surface area (Å²) in [5.74, 6) is -0.0132. The lowest BCUT2D eigenvalue weighted by Crippen LogP contribution is -2.18. The van der Waals surface area contributed by atoms with Crippen LogP contribution >= 0.6 is 0 Å². The normalized spacial score (nSPS) is 10.9. The lowest BCUT2D eigenvalue weighted by atomic mass is 10.1. The third kappa shape index (κ3) is 3.45. The second kappa shape index (κ2) is 5.71. The highest BCUT2D eigenvalue weighted by Gasteiger charge is 2.08. The van der Waals surface area contributed by atoms with Crippen LogP contribution in [-0.4, -0.2) is 17.1 Å². The molecule has 0 aromatic heterocycles. The monoisotopic (exact) mass is 260 g/mol. The zero-order valence-electron chi connectivity index (χ0n) is 10.8. The number of nitrogen functional groups attached to an aromatic ring is 1. The molecule has 0 spiro atoms. The lowest BCUT2D eigenvalue weighted by molar-refractivity contribution is 0.307. The summed E-state index contributed by atoms with van der Waals surface area (Å²) in [5.41, 5.74) is 7.66. The number of aromatic hydroxyl groups is 1. The largest absolute Gasteiger partial charge is 0.508 e. The first kappa shape index (κ1) is 13.4. The molecular formula is C15H17FN2O. The van der Waals surface area contributed by atoms with Crippen LogP contribution in [0.25, 0.3) is 0 Å². The van der Waals surface area contributed by atoms with Gasteiger partial charge in [0.05, 0.1) is 0 Å². The molecule has 0 aliphatic rings. The van der Waals surface area contributed by atoms with Gasteiger partial charge in [0.1, 0.15) is 11.6 Å². The summed E-state index contributed by atoms with van der Waals surface area (Å²) in [6.45, 7) is 0.978. The molecule has 19 heavy (non-hydrogen) atoms. The van der Waals surface area contributed by atoms with E-state index >= 15 is 0 Å². The number of phenols is 1. The van der Waals surface area contributed by atoms with Gasteiger partial charge in [-0.3, -0.25) is 4.90 Å². The maximum absolute atomic E-state index is 13.5. The van der Waals surface area contributed by atoms with E-state index in [1.165, 1.54) is 6.07 Å². The minimum atomic E-state index is -0.217. The third-order valence-corrected chi connectivity index (χ3v) is 2.94. The van der Waals surface area contributed by atoms with E-state index in [0.717, 1.165) is 5.56 Å². The molecule has 2 aromatic rings. The first-order chi connectivity index (χ1) is 9.06. The summed E-state index contributed by atoms with van der Waals surface area (Å²) in [5, 5.41) is 9.75. The van der Waals surface area contributed by atoms with Gasteiger partial charge in [-0.1, -0.05) is 18.2 Å². The molecule has 3 N–H and O–H groups in total. The summed E-state index contributed by atoms with van der Waals surface area (Å²) in [4.78, 5) is 1.92. The number of anilines is 1. The van der Waals surface area contributed by atoms with Crippen LogP contribution in [0.1, 0.15) is 11.1 Å². The predicted molar refractivity (Wildman–Crippen MR) is 74.1 cm³/mol. The van der Waals surface area contributed by atoms with E-state index in [-0.39, 0.29) is 11.6 Å². The smallest absolute Gasteiger partial charge is 0.127 e. The number of nitrogens with zero attached hydrogens (tertiary/aromatic N) is 1. The number of hydrogen-bond donors (Lipinski definition) is 2. The molecule has 0 radical (unpaired) electrons. The van der Waals surface area contributed by atoms with Crippen LogP contribution in [0.15, 0.2) is 42.5 Å². The molecule has 0 bridgehead atoms. The molecule has 0 saturated heterocycles. The number of phenolic OH excluding ortho intramolecular Hbond substituents is 1. The molecule has 4 heteroatoms. The van der Waals surface area contributed by atoms with Crippen molar-refractivity contribution in [2.45, 2.75) is 13.1 Å². The van der Waals surface area contributed by atoms with Gasteiger partial charge < -0.3 is 10.8 Å². The molecule has 0 saturated carbocycles. The van der Waals surface area contributed by atoms with Crippen molar-refractivity contribution in [3.05, 3.63) is 59.4 Å². The number of halogens is 1. The van der Waals surface area contributed by atoms with Crippen LogP contribution in [0.5, 0.6) is 5.75 Å². The predicted octanol–water partition coefficient (Wildman–Crippen LogP) is 2.75. The quantitative estimate of drug-likeness (QED) is 0.656. The van der Waals surface area contributed by atoms with E-state index < -0.39 is 0 Å². The summed E-state index contributed by atoms with van der Waals surface area (Å²) in [7, 11) is 1.87. The molecular weight excluding hydrogens is 243 g/mol. The van der Waals surface area contributed by atoms with Crippen molar-refractivity contribution < 1.29 is 9.50 Å². The SMILES string of the molecule is CN(Cc1cc(N)ccc1O)Cc1ccccc1F. The van der Waals surface area contributed by atoms with Crippen molar-refractivity contribution in [3.63, 3.8) is 0 Å². The molecule has 2 rings (SSSR count). The summed E-state index contributed by atoms with van der Waals surface area (Å²) >= 11 is 0. The first-order valence-electron chi connectivity index (χ1n) is 6.05. The maximum atomic E-state index is 13.5. The highest BCUT2D eigenvalue weighted by Crippen LogP contribution is 2.21. The van der Waals surface area contributed by atoms with E-state index in [2.05, 4.69) is 0 Å². The van der Waals surface area contributed by atoms with E-state index in [4.69, 9.17) is 5.73 Å². The average molecular weight is 260 g/mol. The van der Waals surface area contributed by atoms with Crippen molar-refractivity contribution in [2.24, 2.45) is 0 Å². The van der Waals surface area contributed by atoms with Crippen molar-refractivity contribution in [2.75, 3.05) is 12.8 Å². The van der Waals surface area contributed by atoms with E-state index in [1.807, 2.05) is 18.0 Å². The van der Waals surface area contributed by atoms with Gasteiger partial charge in [0.15, 0.2) is 0 Å². The molecule has 0 unspecified atom stereocenters. The Labute approximate surface area is 112 Å². The lowest BCUT2D eigenvalue weighted by Gasteiger charge is -2.18. The van der Waals surface area contributed by atoms with Crippen molar-refractivity contribution in [1.82, 2.24) is 4.90 Å². The van der Waals surface area contributed by atoms with Crippen LogP contribution in [0.3, 0.4) is 0 Å². The molecule has 0 heterocycles. The molecule has 3 nitrogen and oxygen atoms in total. The average Bonchev–Trinajstić information content (AvgIpc) is 2.37. The van der Waals surface area contributed by atoms with Gasteiger partial charge >= 0.3 is 0 Å². The Balaban J connectivity index is 2.07. The van der Waals surface area contributed by atoms with E-state index in [0.29, 0.717) is 24.3 Å². The summed E-state index contributed by atoms with van der Waals surface area (Å²) in [6, 6.07) is 11.6. The molecule has 0 aliphatic carbocycles. The van der Waals surface area contributed by atoms with Gasteiger partial charge in [0, 0.05) is 29.9 Å². The molecule has 0 aliphatic heterocycles. The molecule has 2 aromatic carbocycles. The summed E-state index contributed by atoms with van der Waals surface area (Å²) < 4.78 is 13.5. The fourth-order valence-corrected chi connectivity index (χ4v) is 2.00. The second-order valence-corrected chi connectivity index (χ2v) is 4.65. The van der Waals surface area contributed by atoms with Gasteiger partial charge in [-0.25, -0.2) is 4.39 Å². The number of benzene rings is 2. The van der Waals surface area contributed by atoms with Crippen LogP contribution < -0.4 is 5.73 Å². The van der Waals surface area contributed by atoms with Gasteiger partial charge in [-0.15, -0.1) is 0 Å². The van der Waals surface area contributed by atoms with Gasteiger partial charge in [0.2, 0.25) is 0 Å². The van der Waals surface area contributed by atoms with Crippen LogP contribution in [-0.2, 0) is 13.1 Å². The standard InChI is InChI=1S/C15H17FN2O/c1-18(9-11-4-2-3-5-14(11)16)10-12-8-13(17)6-7-15(12)19/h2-8,19H,9-10,17H2,1H3. The number of nitrogens with two attached hydrogens (primary N) is 1. The highest BCUT2D eigenvalue weighted by molar-refractivity contribution is 5.47. The summed E-state index contributed by atoms with van der Waals surface area (Å²) in [6.07, 6.45) is 0. The van der Waals surface area contributed by atoms with E-state index in [9.17, 15) is 9.50 Å². The molecule has 0 amide bonds. The van der Waals surface area contributed by atoms with Gasteiger partial charge in [-0.2, -0.15) is 0 Å². The van der Waals surface area contributed by atoms with Crippen molar-refractivity contribution in [3.8, 4) is 5.75 Å². The zero-order chi connectivity index (χ0) is 13.8. The van der Waals surface area contributed by atoms with Gasteiger partial charge in [-0.05, 0) is 31.3 Å². The number of hydrogen-bond acceptors (Lipinski definition) is 3. The highest BCUT2D eigenvalue weighted by atomic mass is 19.1. The van der Waals surface area contributed by atoms with Gasteiger partial charge in [0.25, 0.3) is 0 Å². The Bertz CT molecular complexity index is 572. The topological polar surface area (TPSA) is 49.5 Å². The molecule has 0 fully saturated rings. The van der Waals surface area contributed by atoms with Crippen LogP contribution in [0.2, 0.25) is 0 Å². The molecule has 100 valence electrons. The Kier molecular flexibility index (Phi) is 4.02.